The van der Waals surface area contributed by atoms with Crippen molar-refractivity contribution in [1.29, 1.82) is 0 Å². The smallest absolute Gasteiger partial charge is 0.261 e. The van der Waals surface area contributed by atoms with Gasteiger partial charge in [-0.05, 0) is 6.07 Å². The van der Waals surface area contributed by atoms with Gasteiger partial charge in [-0.1, -0.05) is 39.0 Å². The molecule has 0 aromatic heterocycles. The van der Waals surface area contributed by atoms with Crippen LogP contribution in [-0.2, 0) is 15.2 Å². The molecule has 4 nitrogen and oxygen atoms in total. The van der Waals surface area contributed by atoms with Crippen molar-refractivity contribution in [1.82, 2.24) is 0 Å². The molecule has 1 atom stereocenters. The van der Waals surface area contributed by atoms with Crippen LogP contribution in [0.4, 0.5) is 5.69 Å². The standard InChI is InChI=1S/C14H17NO3/c1-13(2,3)11(16)8-14(18)9-6-4-5-7-10(9)15-12(14)17/h4-7,18H,8H2,1-3H3,(H,15,17)/t14-/m1/s1. The fourth-order valence-corrected chi connectivity index (χ4v) is 1.97. The molecule has 0 fully saturated rings. The van der Waals surface area contributed by atoms with E-state index in [1.807, 2.05) is 0 Å². The second kappa shape index (κ2) is 3.92. The highest BCUT2D eigenvalue weighted by Gasteiger charge is 2.47. The molecule has 4 heteroatoms. The first-order valence-electron chi connectivity index (χ1n) is 5.92. The lowest BCUT2D eigenvalue weighted by molar-refractivity contribution is -0.143. The van der Waals surface area contributed by atoms with Gasteiger partial charge in [-0.3, -0.25) is 9.59 Å². The minimum atomic E-state index is -1.74. The number of carbonyl (C=O) groups excluding carboxylic acids is 2. The van der Waals surface area contributed by atoms with Crippen molar-refractivity contribution in [3.8, 4) is 0 Å². The average molecular weight is 247 g/mol. The molecule has 0 spiro atoms. The number of hydrogen-bond acceptors (Lipinski definition) is 3. The lowest BCUT2D eigenvalue weighted by Crippen LogP contribution is -2.39. The first-order valence-corrected chi connectivity index (χ1v) is 5.92. The monoisotopic (exact) mass is 247 g/mol. The van der Waals surface area contributed by atoms with Crippen molar-refractivity contribution in [2.75, 3.05) is 5.32 Å². The first kappa shape index (κ1) is 12.8. The molecule has 18 heavy (non-hydrogen) atoms. The summed E-state index contributed by atoms with van der Waals surface area (Å²) in [6.07, 6.45) is -0.195. The molecule has 96 valence electrons. The maximum absolute atomic E-state index is 12.0. The Hall–Kier alpha value is -1.68. The van der Waals surface area contributed by atoms with E-state index in [-0.39, 0.29) is 12.2 Å². The molecule has 1 aliphatic rings. The van der Waals surface area contributed by atoms with Crippen LogP contribution >= 0.6 is 0 Å². The quantitative estimate of drug-likeness (QED) is 0.838. The molecule has 1 aliphatic heterocycles. The van der Waals surface area contributed by atoms with E-state index in [0.29, 0.717) is 11.3 Å². The van der Waals surface area contributed by atoms with Crippen molar-refractivity contribution in [3.63, 3.8) is 0 Å². The largest absolute Gasteiger partial charge is 0.375 e. The number of Topliss-reactive ketones (excluding diaryl/α,β-unsaturated/α-hetero) is 1. The molecule has 0 radical (unpaired) electrons. The van der Waals surface area contributed by atoms with E-state index >= 15 is 0 Å². The van der Waals surface area contributed by atoms with Gasteiger partial charge < -0.3 is 10.4 Å². The van der Waals surface area contributed by atoms with Crippen molar-refractivity contribution < 1.29 is 14.7 Å². The summed E-state index contributed by atoms with van der Waals surface area (Å²) < 4.78 is 0. The van der Waals surface area contributed by atoms with Gasteiger partial charge in [0.1, 0.15) is 5.78 Å². The molecular weight excluding hydrogens is 230 g/mol. The molecule has 2 rings (SSSR count). The Kier molecular flexibility index (Phi) is 2.78. The van der Waals surface area contributed by atoms with Crippen LogP contribution in [0.5, 0.6) is 0 Å². The first-order chi connectivity index (χ1) is 8.25. The maximum Gasteiger partial charge on any atom is 0.261 e. The van der Waals surface area contributed by atoms with Gasteiger partial charge in [0, 0.05) is 23.1 Å². The van der Waals surface area contributed by atoms with Crippen LogP contribution in [0, 0.1) is 5.41 Å². The van der Waals surface area contributed by atoms with Gasteiger partial charge in [0.2, 0.25) is 0 Å². The zero-order chi connectivity index (χ0) is 13.6. The normalized spacial score (nSPS) is 22.6. The Morgan fingerprint density at radius 1 is 1.33 bits per heavy atom. The minimum Gasteiger partial charge on any atom is -0.375 e. The Morgan fingerprint density at radius 3 is 2.56 bits per heavy atom. The van der Waals surface area contributed by atoms with Crippen molar-refractivity contribution in [2.24, 2.45) is 5.41 Å². The Labute approximate surface area is 106 Å². The number of nitrogens with one attached hydrogen (secondary N) is 1. The van der Waals surface area contributed by atoms with E-state index < -0.39 is 16.9 Å². The zero-order valence-electron chi connectivity index (χ0n) is 10.8. The van der Waals surface area contributed by atoms with Crippen LogP contribution in [-0.4, -0.2) is 16.8 Å². The summed E-state index contributed by atoms with van der Waals surface area (Å²) in [5, 5.41) is 13.1. The highest BCUT2D eigenvalue weighted by molar-refractivity contribution is 6.07. The van der Waals surface area contributed by atoms with Gasteiger partial charge in [0.05, 0.1) is 0 Å². The summed E-state index contributed by atoms with van der Waals surface area (Å²) in [4.78, 5) is 23.9. The summed E-state index contributed by atoms with van der Waals surface area (Å²) in [5.41, 5.74) is -1.26. The number of ketones is 1. The zero-order valence-corrected chi connectivity index (χ0v) is 10.8. The summed E-state index contributed by atoms with van der Waals surface area (Å²) in [5.74, 6) is -0.668. The summed E-state index contributed by atoms with van der Waals surface area (Å²) >= 11 is 0. The Bertz CT molecular complexity index is 516. The molecule has 0 aliphatic carbocycles. The molecule has 1 amide bonds. The van der Waals surface area contributed by atoms with Crippen molar-refractivity contribution >= 4 is 17.4 Å². The van der Waals surface area contributed by atoms with Crippen LogP contribution < -0.4 is 5.32 Å². The number of benzene rings is 1. The maximum atomic E-state index is 12.0. The van der Waals surface area contributed by atoms with Crippen LogP contribution in [0.15, 0.2) is 24.3 Å². The molecule has 0 saturated heterocycles. The van der Waals surface area contributed by atoms with Crippen LogP contribution in [0.1, 0.15) is 32.8 Å². The number of para-hydroxylation sites is 1. The predicted octanol–water partition coefficient (Wildman–Crippen LogP) is 1.83. The van der Waals surface area contributed by atoms with Crippen LogP contribution in [0.2, 0.25) is 0 Å². The van der Waals surface area contributed by atoms with Crippen LogP contribution in [0.25, 0.3) is 0 Å². The summed E-state index contributed by atoms with van der Waals surface area (Å²) in [6.45, 7) is 5.33. The minimum absolute atomic E-state index is 0.142. The third kappa shape index (κ3) is 1.93. The van der Waals surface area contributed by atoms with E-state index in [1.165, 1.54) is 0 Å². The average Bonchev–Trinajstić information content (AvgIpc) is 2.51. The lowest BCUT2D eigenvalue weighted by atomic mass is 9.81. The predicted molar refractivity (Wildman–Crippen MR) is 68.0 cm³/mol. The van der Waals surface area contributed by atoms with Crippen LogP contribution in [0.3, 0.4) is 0 Å². The van der Waals surface area contributed by atoms with E-state index in [0.717, 1.165) is 0 Å². The molecule has 0 bridgehead atoms. The second-order valence-electron chi connectivity index (χ2n) is 5.71. The van der Waals surface area contributed by atoms with Gasteiger partial charge in [-0.15, -0.1) is 0 Å². The molecule has 1 aromatic carbocycles. The third-order valence-corrected chi connectivity index (χ3v) is 3.25. The van der Waals surface area contributed by atoms with E-state index in [4.69, 9.17) is 0 Å². The SMILES string of the molecule is CC(C)(C)C(=O)C[C@]1(O)C(=O)Nc2ccccc21. The number of amides is 1. The van der Waals surface area contributed by atoms with Crippen molar-refractivity contribution in [3.05, 3.63) is 29.8 Å². The number of hydrogen-bond donors (Lipinski definition) is 2. The van der Waals surface area contributed by atoms with Gasteiger partial charge in [-0.2, -0.15) is 0 Å². The van der Waals surface area contributed by atoms with Gasteiger partial charge in [0.25, 0.3) is 5.91 Å². The fraction of sp³-hybridized carbons (Fsp3) is 0.429. The second-order valence-corrected chi connectivity index (χ2v) is 5.71. The molecule has 1 aromatic rings. The fourth-order valence-electron chi connectivity index (χ4n) is 1.97. The van der Waals surface area contributed by atoms with Gasteiger partial charge >= 0.3 is 0 Å². The number of fused-ring (bicyclic) bond motifs is 1. The number of aliphatic hydroxyl groups is 1. The summed E-state index contributed by atoms with van der Waals surface area (Å²) in [7, 11) is 0. The molecule has 0 unspecified atom stereocenters. The number of rotatable bonds is 2. The Balaban J connectivity index is 2.37. The molecular formula is C14H17NO3. The number of carbonyl (C=O) groups is 2. The topological polar surface area (TPSA) is 66.4 Å². The van der Waals surface area contributed by atoms with E-state index in [1.54, 1.807) is 45.0 Å². The van der Waals surface area contributed by atoms with Gasteiger partial charge in [0.15, 0.2) is 5.60 Å². The third-order valence-electron chi connectivity index (χ3n) is 3.25. The van der Waals surface area contributed by atoms with Gasteiger partial charge in [-0.25, -0.2) is 0 Å². The Morgan fingerprint density at radius 2 is 1.94 bits per heavy atom. The van der Waals surface area contributed by atoms with E-state index in [9.17, 15) is 14.7 Å². The highest BCUT2D eigenvalue weighted by Crippen LogP contribution is 2.39. The summed E-state index contributed by atoms with van der Waals surface area (Å²) in [6, 6.07) is 6.90. The molecule has 0 saturated carbocycles. The lowest BCUT2D eigenvalue weighted by Gasteiger charge is -2.24. The van der Waals surface area contributed by atoms with Crippen molar-refractivity contribution in [2.45, 2.75) is 32.8 Å². The molecule has 2 N–H and O–H groups in total. The number of anilines is 1. The highest BCUT2D eigenvalue weighted by atomic mass is 16.3. The molecule has 1 heterocycles. The van der Waals surface area contributed by atoms with E-state index in [2.05, 4.69) is 5.32 Å².